The van der Waals surface area contributed by atoms with Crippen LogP contribution in [0.15, 0.2) is 18.2 Å². The van der Waals surface area contributed by atoms with Crippen LogP contribution in [0.25, 0.3) is 0 Å². The minimum atomic E-state index is -0.453. The zero-order chi connectivity index (χ0) is 14.4. The molecule has 1 aromatic rings. The van der Waals surface area contributed by atoms with Gasteiger partial charge in [-0.1, -0.05) is 20.8 Å². The molecule has 1 rings (SSSR count). The number of carbonyl (C=O) groups is 1. The summed E-state index contributed by atoms with van der Waals surface area (Å²) in [7, 11) is 0. The standard InChI is InChI=1S/C13H19N3O3/c1-4-10-9-11(16(18)19)7-8-12(10)13(17)14-15(5-2)6-3/h7-9H,4-6H2,1-3H3,(H,14,17). The minimum absolute atomic E-state index is 0.0104. The number of nitro groups is 1. The summed E-state index contributed by atoms with van der Waals surface area (Å²) in [6.07, 6.45) is 0.572. The first-order valence-corrected chi connectivity index (χ1v) is 6.36. The van der Waals surface area contributed by atoms with Gasteiger partial charge < -0.3 is 0 Å². The number of rotatable bonds is 6. The van der Waals surface area contributed by atoms with Crippen LogP contribution >= 0.6 is 0 Å². The Kier molecular flexibility index (Phi) is 5.44. The van der Waals surface area contributed by atoms with Gasteiger partial charge in [0.1, 0.15) is 0 Å². The Bertz CT molecular complexity index is 470. The van der Waals surface area contributed by atoms with Crippen LogP contribution in [0, 0.1) is 10.1 Å². The third-order valence-electron chi connectivity index (χ3n) is 2.95. The molecule has 0 spiro atoms. The SMILES string of the molecule is CCc1cc([N+](=O)[O-])ccc1C(=O)NN(CC)CC. The third-order valence-corrected chi connectivity index (χ3v) is 2.95. The lowest BCUT2D eigenvalue weighted by molar-refractivity contribution is -0.384. The van der Waals surface area contributed by atoms with E-state index >= 15 is 0 Å². The fourth-order valence-electron chi connectivity index (χ4n) is 1.79. The molecule has 0 aliphatic heterocycles. The molecule has 0 aliphatic carbocycles. The zero-order valence-electron chi connectivity index (χ0n) is 11.5. The smallest absolute Gasteiger partial charge is 0.269 e. The second-order valence-electron chi connectivity index (χ2n) is 4.07. The summed E-state index contributed by atoms with van der Waals surface area (Å²) in [4.78, 5) is 22.4. The number of hydrogen-bond donors (Lipinski definition) is 1. The maximum absolute atomic E-state index is 12.1. The zero-order valence-corrected chi connectivity index (χ0v) is 11.5. The van der Waals surface area contributed by atoms with Gasteiger partial charge in [-0.3, -0.25) is 20.3 Å². The average molecular weight is 265 g/mol. The molecule has 0 aromatic heterocycles. The van der Waals surface area contributed by atoms with E-state index in [1.807, 2.05) is 20.8 Å². The molecule has 1 amide bonds. The van der Waals surface area contributed by atoms with Crippen LogP contribution in [0.1, 0.15) is 36.7 Å². The Balaban J connectivity index is 2.99. The van der Waals surface area contributed by atoms with Crippen LogP contribution in [0.3, 0.4) is 0 Å². The van der Waals surface area contributed by atoms with Gasteiger partial charge in [-0.05, 0) is 18.1 Å². The Morgan fingerprint density at radius 2 is 1.95 bits per heavy atom. The lowest BCUT2D eigenvalue weighted by atomic mass is 10.0. The molecule has 6 nitrogen and oxygen atoms in total. The summed E-state index contributed by atoms with van der Waals surface area (Å²) in [5.74, 6) is -0.226. The molecule has 19 heavy (non-hydrogen) atoms. The lowest BCUT2D eigenvalue weighted by Crippen LogP contribution is -2.42. The predicted octanol–water partition coefficient (Wildman–Crippen LogP) is 2.14. The summed E-state index contributed by atoms with van der Waals surface area (Å²) in [5.41, 5.74) is 3.96. The summed E-state index contributed by atoms with van der Waals surface area (Å²) in [5, 5.41) is 12.5. The first-order valence-electron chi connectivity index (χ1n) is 6.36. The van der Waals surface area contributed by atoms with Crippen LogP contribution < -0.4 is 5.43 Å². The van der Waals surface area contributed by atoms with Crippen molar-refractivity contribution in [1.82, 2.24) is 10.4 Å². The van der Waals surface area contributed by atoms with Crippen molar-refractivity contribution in [3.63, 3.8) is 0 Å². The van der Waals surface area contributed by atoms with Crippen LogP contribution in [-0.2, 0) is 6.42 Å². The summed E-state index contributed by atoms with van der Waals surface area (Å²) in [6, 6.07) is 4.32. The molecule has 1 N–H and O–H groups in total. The Labute approximate surface area is 112 Å². The molecule has 6 heteroatoms. The lowest BCUT2D eigenvalue weighted by Gasteiger charge is -2.20. The fraction of sp³-hybridized carbons (Fsp3) is 0.462. The second kappa shape index (κ2) is 6.84. The van der Waals surface area contributed by atoms with Crippen molar-refractivity contribution in [3.05, 3.63) is 39.4 Å². The van der Waals surface area contributed by atoms with Crippen molar-refractivity contribution >= 4 is 11.6 Å². The maximum Gasteiger partial charge on any atom is 0.269 e. The van der Waals surface area contributed by atoms with Crippen molar-refractivity contribution in [3.8, 4) is 0 Å². The van der Waals surface area contributed by atoms with Crippen LogP contribution in [-0.4, -0.2) is 28.9 Å². The number of non-ortho nitro benzene ring substituents is 1. The number of nitrogens with zero attached hydrogens (tertiary/aromatic N) is 2. The number of carbonyl (C=O) groups excluding carboxylic acids is 1. The van der Waals surface area contributed by atoms with Crippen molar-refractivity contribution in [2.24, 2.45) is 0 Å². The van der Waals surface area contributed by atoms with Gasteiger partial charge in [0, 0.05) is 30.8 Å². The van der Waals surface area contributed by atoms with Gasteiger partial charge in [0.25, 0.3) is 11.6 Å². The summed E-state index contributed by atoms with van der Waals surface area (Å²) >= 11 is 0. The first kappa shape index (κ1) is 15.1. The van der Waals surface area contributed by atoms with E-state index in [1.165, 1.54) is 18.2 Å². The number of hydrogen-bond acceptors (Lipinski definition) is 4. The molecule has 0 bridgehead atoms. The van der Waals surface area contributed by atoms with E-state index in [-0.39, 0.29) is 11.6 Å². The Morgan fingerprint density at radius 3 is 2.42 bits per heavy atom. The number of nitrogens with one attached hydrogen (secondary N) is 1. The molecular weight excluding hydrogens is 246 g/mol. The molecule has 0 saturated heterocycles. The number of aryl methyl sites for hydroxylation is 1. The number of benzene rings is 1. The van der Waals surface area contributed by atoms with Gasteiger partial charge in [-0.15, -0.1) is 0 Å². The van der Waals surface area contributed by atoms with E-state index in [1.54, 1.807) is 5.01 Å². The first-order chi connectivity index (χ1) is 9.03. The molecule has 0 aliphatic rings. The molecule has 0 fully saturated rings. The maximum atomic E-state index is 12.1. The van der Waals surface area contributed by atoms with E-state index in [0.29, 0.717) is 30.6 Å². The number of hydrazine groups is 1. The van der Waals surface area contributed by atoms with E-state index in [0.717, 1.165) is 0 Å². The highest BCUT2D eigenvalue weighted by Crippen LogP contribution is 2.18. The van der Waals surface area contributed by atoms with E-state index in [9.17, 15) is 14.9 Å². The molecular formula is C13H19N3O3. The molecule has 0 heterocycles. The van der Waals surface area contributed by atoms with Crippen LogP contribution in [0.4, 0.5) is 5.69 Å². The Morgan fingerprint density at radius 1 is 1.32 bits per heavy atom. The summed E-state index contributed by atoms with van der Waals surface area (Å²) in [6.45, 7) is 7.17. The van der Waals surface area contributed by atoms with Gasteiger partial charge >= 0.3 is 0 Å². The van der Waals surface area contributed by atoms with E-state index < -0.39 is 4.92 Å². The highest BCUT2D eigenvalue weighted by molar-refractivity contribution is 5.95. The highest BCUT2D eigenvalue weighted by Gasteiger charge is 2.16. The third kappa shape index (κ3) is 3.75. The van der Waals surface area contributed by atoms with Gasteiger partial charge in [0.2, 0.25) is 0 Å². The van der Waals surface area contributed by atoms with Crippen molar-refractivity contribution in [1.29, 1.82) is 0 Å². The van der Waals surface area contributed by atoms with Gasteiger partial charge in [0.15, 0.2) is 0 Å². The number of amides is 1. The molecule has 104 valence electrons. The fourth-order valence-corrected chi connectivity index (χ4v) is 1.79. The van der Waals surface area contributed by atoms with Crippen molar-refractivity contribution < 1.29 is 9.72 Å². The van der Waals surface area contributed by atoms with Gasteiger partial charge in [0.05, 0.1) is 4.92 Å². The van der Waals surface area contributed by atoms with Crippen LogP contribution in [0.5, 0.6) is 0 Å². The molecule has 0 radical (unpaired) electrons. The monoisotopic (exact) mass is 265 g/mol. The quantitative estimate of drug-likeness (QED) is 0.631. The topological polar surface area (TPSA) is 75.5 Å². The second-order valence-corrected chi connectivity index (χ2v) is 4.07. The Hall–Kier alpha value is -1.95. The average Bonchev–Trinajstić information content (AvgIpc) is 2.43. The molecule has 1 aromatic carbocycles. The largest absolute Gasteiger partial charge is 0.285 e. The van der Waals surface area contributed by atoms with Gasteiger partial charge in [-0.2, -0.15) is 0 Å². The molecule has 0 saturated carbocycles. The van der Waals surface area contributed by atoms with Crippen molar-refractivity contribution in [2.75, 3.05) is 13.1 Å². The van der Waals surface area contributed by atoms with Crippen LogP contribution in [0.2, 0.25) is 0 Å². The van der Waals surface area contributed by atoms with E-state index in [2.05, 4.69) is 5.43 Å². The highest BCUT2D eigenvalue weighted by atomic mass is 16.6. The number of nitro benzene ring substituents is 1. The van der Waals surface area contributed by atoms with E-state index in [4.69, 9.17) is 0 Å². The molecule has 0 atom stereocenters. The molecule has 0 unspecified atom stereocenters. The van der Waals surface area contributed by atoms with Gasteiger partial charge in [-0.25, -0.2) is 5.01 Å². The predicted molar refractivity (Wildman–Crippen MR) is 72.9 cm³/mol. The minimum Gasteiger partial charge on any atom is -0.285 e. The summed E-state index contributed by atoms with van der Waals surface area (Å²) < 4.78 is 0. The normalized spacial score (nSPS) is 10.5. The van der Waals surface area contributed by atoms with Crippen molar-refractivity contribution in [2.45, 2.75) is 27.2 Å².